The van der Waals surface area contributed by atoms with Gasteiger partial charge in [-0.3, -0.25) is 29.5 Å². The second-order valence-electron chi connectivity index (χ2n) is 9.27. The van der Waals surface area contributed by atoms with Crippen molar-refractivity contribution < 1.29 is 14.5 Å². The summed E-state index contributed by atoms with van der Waals surface area (Å²) in [5, 5.41) is 12.6. The first-order chi connectivity index (χ1) is 19.6. The van der Waals surface area contributed by atoms with Crippen molar-refractivity contribution in [1.82, 2.24) is 0 Å². The molecule has 1 saturated heterocycles. The zero-order chi connectivity index (χ0) is 29.3. The van der Waals surface area contributed by atoms with E-state index in [2.05, 4.69) is 0 Å². The summed E-state index contributed by atoms with van der Waals surface area (Å²) in [4.78, 5) is 42.9. The number of benzene rings is 4. The van der Waals surface area contributed by atoms with Gasteiger partial charge in [0.2, 0.25) is 0 Å². The normalized spacial score (nSPS) is 14.6. The van der Waals surface area contributed by atoms with E-state index >= 15 is 0 Å². The lowest BCUT2D eigenvalue weighted by atomic mass is 10.0. The van der Waals surface area contributed by atoms with Crippen LogP contribution in [0.25, 0.3) is 6.08 Å². The lowest BCUT2D eigenvalue weighted by molar-refractivity contribution is -0.387. The van der Waals surface area contributed by atoms with E-state index in [-0.39, 0.29) is 16.4 Å². The average Bonchev–Trinajstić information content (AvgIpc) is 2.95. The van der Waals surface area contributed by atoms with Crippen molar-refractivity contribution in [2.45, 2.75) is 23.6 Å². The average molecular weight is 600 g/mol. The van der Waals surface area contributed by atoms with E-state index < -0.39 is 16.7 Å². The number of anilines is 2. The zero-order valence-electron chi connectivity index (χ0n) is 21.9. The van der Waals surface area contributed by atoms with Gasteiger partial charge in [0.05, 0.1) is 21.2 Å². The van der Waals surface area contributed by atoms with Crippen molar-refractivity contribution >= 4 is 75.6 Å². The third-order valence-corrected chi connectivity index (χ3v) is 8.23. The number of nitro groups is 1. The molecule has 0 unspecified atom stereocenters. The highest BCUT2D eigenvalue weighted by molar-refractivity contribution is 7.99. The number of carbonyl (C=O) groups is 2. The van der Waals surface area contributed by atoms with Crippen LogP contribution < -0.4 is 9.80 Å². The molecule has 0 aromatic heterocycles. The molecular formula is C31H22ClN3O4S2. The lowest BCUT2D eigenvalue weighted by Crippen LogP contribution is -2.57. The Hall–Kier alpha value is -4.31. The number of thiocarbonyl (C=S) groups is 1. The molecule has 10 heteroatoms. The number of carbonyl (C=O) groups excluding carboxylic acids is 2. The van der Waals surface area contributed by atoms with Crippen LogP contribution in [0.5, 0.6) is 0 Å². The van der Waals surface area contributed by atoms with Crippen LogP contribution in [0.15, 0.2) is 106 Å². The standard InChI is InChI=1S/C31H22ClN3O4S2/c1-19-8-12-24(16-20(19)2)34-30(37)26(29(36)33(31(34)40)23-6-4-3-5-7-23)17-21-9-15-28(27(18-21)35(38)39)41-25-13-10-22(32)11-14-25/h3-18H,1-2H3/b26-17+. The van der Waals surface area contributed by atoms with E-state index in [9.17, 15) is 19.7 Å². The Balaban J connectivity index is 1.59. The Bertz CT molecular complexity index is 1740. The number of rotatable bonds is 6. The molecule has 4 aromatic rings. The molecule has 0 spiro atoms. The molecule has 0 N–H and O–H groups in total. The first kappa shape index (κ1) is 28.2. The van der Waals surface area contributed by atoms with Crippen LogP contribution in [-0.4, -0.2) is 21.9 Å². The van der Waals surface area contributed by atoms with Gasteiger partial charge in [-0.1, -0.05) is 53.7 Å². The number of halogens is 1. The quantitative estimate of drug-likeness (QED) is 0.0740. The highest BCUT2D eigenvalue weighted by atomic mass is 35.5. The molecule has 204 valence electrons. The molecule has 2 amide bonds. The molecule has 0 aliphatic carbocycles. The Kier molecular flexibility index (Phi) is 8.03. The van der Waals surface area contributed by atoms with Crippen molar-refractivity contribution in [3.05, 3.63) is 128 Å². The summed E-state index contributed by atoms with van der Waals surface area (Å²) in [6, 6.07) is 25.8. The monoisotopic (exact) mass is 599 g/mol. The van der Waals surface area contributed by atoms with Gasteiger partial charge < -0.3 is 0 Å². The highest BCUT2D eigenvalue weighted by Crippen LogP contribution is 2.37. The molecule has 7 nitrogen and oxygen atoms in total. The molecule has 0 saturated carbocycles. The number of hydrogen-bond donors (Lipinski definition) is 0. The number of amides is 2. The smallest absolute Gasteiger partial charge is 0.268 e. The minimum absolute atomic E-state index is 0.0206. The molecule has 5 rings (SSSR count). The second kappa shape index (κ2) is 11.7. The summed E-state index contributed by atoms with van der Waals surface area (Å²) in [5.41, 5.74) is 3.01. The Morgan fingerprint density at radius 1 is 0.829 bits per heavy atom. The first-order valence-corrected chi connectivity index (χ1v) is 14.0. The Morgan fingerprint density at radius 3 is 2.12 bits per heavy atom. The number of para-hydroxylation sites is 1. The minimum Gasteiger partial charge on any atom is -0.268 e. The summed E-state index contributed by atoms with van der Waals surface area (Å²) < 4.78 is 0. The van der Waals surface area contributed by atoms with Gasteiger partial charge in [0, 0.05) is 16.0 Å². The minimum atomic E-state index is -0.617. The Labute approximate surface area is 251 Å². The van der Waals surface area contributed by atoms with E-state index in [4.69, 9.17) is 23.8 Å². The molecule has 1 aliphatic heterocycles. The van der Waals surface area contributed by atoms with Gasteiger partial charge in [0.15, 0.2) is 5.11 Å². The van der Waals surface area contributed by atoms with Crippen LogP contribution in [0.1, 0.15) is 16.7 Å². The summed E-state index contributed by atoms with van der Waals surface area (Å²) in [6.07, 6.45) is 1.38. The van der Waals surface area contributed by atoms with Gasteiger partial charge >= 0.3 is 0 Å². The van der Waals surface area contributed by atoms with Gasteiger partial charge in [0.1, 0.15) is 5.57 Å². The summed E-state index contributed by atoms with van der Waals surface area (Å²) in [7, 11) is 0. The van der Waals surface area contributed by atoms with Crippen molar-refractivity contribution in [2.75, 3.05) is 9.80 Å². The maximum absolute atomic E-state index is 13.9. The SMILES string of the molecule is Cc1ccc(N2C(=O)/C(=C/c3ccc(Sc4ccc(Cl)cc4)c([N+](=O)[O-])c3)C(=O)N(c3ccccc3)C2=S)cc1C. The van der Waals surface area contributed by atoms with Crippen LogP contribution in [0, 0.1) is 24.0 Å². The fourth-order valence-electron chi connectivity index (χ4n) is 4.28. The van der Waals surface area contributed by atoms with E-state index in [1.165, 1.54) is 33.7 Å². The molecular weight excluding hydrogens is 578 g/mol. The summed E-state index contributed by atoms with van der Waals surface area (Å²) in [6.45, 7) is 3.89. The van der Waals surface area contributed by atoms with E-state index in [1.54, 1.807) is 66.7 Å². The van der Waals surface area contributed by atoms with Gasteiger partial charge in [-0.15, -0.1) is 0 Å². The molecule has 1 heterocycles. The van der Waals surface area contributed by atoms with Crippen LogP contribution in [0.3, 0.4) is 0 Å². The van der Waals surface area contributed by atoms with Crippen molar-refractivity contribution in [3.63, 3.8) is 0 Å². The van der Waals surface area contributed by atoms with Crippen LogP contribution in [0.2, 0.25) is 5.02 Å². The third kappa shape index (κ3) is 5.78. The largest absolute Gasteiger partial charge is 0.283 e. The fourth-order valence-corrected chi connectivity index (χ4v) is 5.68. The molecule has 1 fully saturated rings. The predicted octanol–water partition coefficient (Wildman–Crippen LogP) is 7.76. The molecule has 1 aliphatic rings. The van der Waals surface area contributed by atoms with Crippen molar-refractivity contribution in [1.29, 1.82) is 0 Å². The van der Waals surface area contributed by atoms with Gasteiger partial charge in [-0.25, -0.2) is 0 Å². The van der Waals surface area contributed by atoms with Crippen molar-refractivity contribution in [3.8, 4) is 0 Å². The summed E-state index contributed by atoms with van der Waals surface area (Å²) in [5.74, 6) is -1.23. The number of aryl methyl sites for hydroxylation is 2. The number of nitro benzene ring substituents is 1. The van der Waals surface area contributed by atoms with Gasteiger partial charge in [0.25, 0.3) is 17.5 Å². The third-order valence-electron chi connectivity index (χ3n) is 6.54. The van der Waals surface area contributed by atoms with E-state index in [0.717, 1.165) is 16.0 Å². The van der Waals surface area contributed by atoms with Crippen molar-refractivity contribution in [2.24, 2.45) is 0 Å². The van der Waals surface area contributed by atoms with Crippen LogP contribution in [0.4, 0.5) is 17.1 Å². The maximum Gasteiger partial charge on any atom is 0.283 e. The summed E-state index contributed by atoms with van der Waals surface area (Å²) >= 11 is 12.9. The fraction of sp³-hybridized carbons (Fsp3) is 0.0645. The van der Waals surface area contributed by atoms with Crippen LogP contribution >= 0.6 is 35.6 Å². The predicted molar refractivity (Wildman–Crippen MR) is 167 cm³/mol. The molecule has 41 heavy (non-hydrogen) atoms. The van der Waals surface area contributed by atoms with Crippen LogP contribution in [-0.2, 0) is 9.59 Å². The zero-order valence-corrected chi connectivity index (χ0v) is 24.3. The first-order valence-electron chi connectivity index (χ1n) is 12.4. The molecule has 4 aromatic carbocycles. The van der Waals surface area contributed by atoms with Gasteiger partial charge in [-0.2, -0.15) is 0 Å². The second-order valence-corrected chi connectivity index (χ2v) is 11.2. The molecule has 0 bridgehead atoms. The molecule has 0 radical (unpaired) electrons. The topological polar surface area (TPSA) is 83.8 Å². The van der Waals surface area contributed by atoms with E-state index in [0.29, 0.717) is 26.9 Å². The van der Waals surface area contributed by atoms with E-state index in [1.807, 2.05) is 32.0 Å². The number of hydrogen-bond acceptors (Lipinski definition) is 6. The van der Waals surface area contributed by atoms with Gasteiger partial charge in [-0.05, 0) is 103 Å². The Morgan fingerprint density at radius 2 is 1.49 bits per heavy atom. The highest BCUT2D eigenvalue weighted by Gasteiger charge is 2.41. The maximum atomic E-state index is 13.9. The lowest BCUT2D eigenvalue weighted by Gasteiger charge is -2.36. The molecule has 0 atom stereocenters. The number of nitrogens with zero attached hydrogens (tertiary/aromatic N) is 3.